The second kappa shape index (κ2) is 7.35. The van der Waals surface area contributed by atoms with Crippen molar-refractivity contribution in [1.29, 1.82) is 0 Å². The average Bonchev–Trinajstić information content (AvgIpc) is 2.68. The van der Waals surface area contributed by atoms with Crippen molar-refractivity contribution in [1.82, 2.24) is 4.98 Å². The molecule has 2 aromatic carbocycles. The van der Waals surface area contributed by atoms with E-state index in [4.69, 9.17) is 0 Å². The molecule has 5 heteroatoms. The molecular formula is C23H19FN2O2. The lowest BCUT2D eigenvalue weighted by Crippen LogP contribution is -2.25. The Bertz CT molecular complexity index is 1130. The van der Waals surface area contributed by atoms with Crippen molar-refractivity contribution in [3.8, 4) is 0 Å². The third-order valence-electron chi connectivity index (χ3n) is 5.19. The van der Waals surface area contributed by atoms with Crippen LogP contribution in [-0.4, -0.2) is 21.8 Å². The van der Waals surface area contributed by atoms with E-state index in [1.54, 1.807) is 19.1 Å². The first-order valence-electron chi connectivity index (χ1n) is 9.13. The molecule has 0 saturated carbocycles. The molecule has 0 saturated heterocycles. The maximum atomic E-state index is 14.2. The molecule has 4 rings (SSSR count). The Balaban J connectivity index is 1.76. The Morgan fingerprint density at radius 1 is 1.14 bits per heavy atom. The van der Waals surface area contributed by atoms with Gasteiger partial charge in [0.25, 0.3) is 0 Å². The van der Waals surface area contributed by atoms with Gasteiger partial charge in [-0.2, -0.15) is 4.39 Å². The standard InChI is InChI=1S/C23H19FN2O2/c1-14-21(23(27)28)17(13-20(26-14)19-10-5-11-25-22(19)24)12-16-8-4-7-15-6-2-3-9-18(15)16/h2-11,17H,12-13H2,1H3,(H,27,28). The van der Waals surface area contributed by atoms with Crippen LogP contribution in [0.2, 0.25) is 0 Å². The fraction of sp³-hybridized carbons (Fsp3) is 0.174. The Kier molecular flexibility index (Phi) is 4.74. The molecule has 1 atom stereocenters. The van der Waals surface area contributed by atoms with Crippen LogP contribution >= 0.6 is 0 Å². The van der Waals surface area contributed by atoms with Gasteiger partial charge in [0.05, 0.1) is 16.8 Å². The van der Waals surface area contributed by atoms with Gasteiger partial charge in [0.1, 0.15) is 0 Å². The second-order valence-corrected chi connectivity index (χ2v) is 6.95. The molecule has 1 aromatic heterocycles. The first kappa shape index (κ1) is 18.0. The number of rotatable bonds is 4. The third kappa shape index (κ3) is 3.31. The number of benzene rings is 2. The van der Waals surface area contributed by atoms with E-state index < -0.39 is 11.9 Å². The van der Waals surface area contributed by atoms with Crippen molar-refractivity contribution in [2.24, 2.45) is 10.9 Å². The Morgan fingerprint density at radius 2 is 1.93 bits per heavy atom. The maximum absolute atomic E-state index is 14.2. The Labute approximate surface area is 162 Å². The molecule has 1 aliphatic rings. The van der Waals surface area contributed by atoms with Gasteiger partial charge in [-0.15, -0.1) is 0 Å². The van der Waals surface area contributed by atoms with Gasteiger partial charge in [-0.25, -0.2) is 9.78 Å². The van der Waals surface area contributed by atoms with E-state index in [9.17, 15) is 14.3 Å². The average molecular weight is 374 g/mol. The number of aliphatic imine (C=N–C) groups is 1. The van der Waals surface area contributed by atoms with Crippen LogP contribution in [0.5, 0.6) is 0 Å². The van der Waals surface area contributed by atoms with E-state index in [1.807, 2.05) is 42.5 Å². The molecule has 28 heavy (non-hydrogen) atoms. The summed E-state index contributed by atoms with van der Waals surface area (Å²) < 4.78 is 14.2. The number of carbonyl (C=O) groups is 1. The number of nitrogens with zero attached hydrogens (tertiary/aromatic N) is 2. The minimum Gasteiger partial charge on any atom is -0.478 e. The van der Waals surface area contributed by atoms with Crippen LogP contribution in [0.1, 0.15) is 24.5 Å². The highest BCUT2D eigenvalue weighted by Gasteiger charge is 2.30. The van der Waals surface area contributed by atoms with E-state index in [0.717, 1.165) is 16.3 Å². The molecule has 2 heterocycles. The van der Waals surface area contributed by atoms with Crippen LogP contribution in [0.4, 0.5) is 4.39 Å². The Morgan fingerprint density at radius 3 is 2.71 bits per heavy atom. The minimum atomic E-state index is -0.975. The molecule has 0 fully saturated rings. The number of halogens is 1. The number of allylic oxidation sites excluding steroid dienone is 1. The van der Waals surface area contributed by atoms with Crippen molar-refractivity contribution in [2.45, 2.75) is 19.8 Å². The SMILES string of the molecule is CC1=C(C(=O)O)C(Cc2cccc3ccccc23)CC(c2cccnc2F)=N1. The van der Waals surface area contributed by atoms with Crippen LogP contribution in [0, 0.1) is 11.9 Å². The van der Waals surface area contributed by atoms with Gasteiger partial charge in [0, 0.05) is 17.8 Å². The molecule has 4 nitrogen and oxygen atoms in total. The fourth-order valence-corrected chi connectivity index (χ4v) is 3.95. The quantitative estimate of drug-likeness (QED) is 0.668. The zero-order chi connectivity index (χ0) is 19.7. The molecule has 0 amide bonds. The summed E-state index contributed by atoms with van der Waals surface area (Å²) in [4.78, 5) is 20.0. The summed E-state index contributed by atoms with van der Waals surface area (Å²) in [5.74, 6) is -1.86. The predicted octanol–water partition coefficient (Wildman–Crippen LogP) is 4.78. The highest BCUT2D eigenvalue weighted by atomic mass is 19.1. The van der Waals surface area contributed by atoms with Gasteiger partial charge in [-0.1, -0.05) is 42.5 Å². The van der Waals surface area contributed by atoms with E-state index in [1.165, 1.54) is 6.20 Å². The lowest BCUT2D eigenvalue weighted by Gasteiger charge is -2.25. The summed E-state index contributed by atoms with van der Waals surface area (Å²) in [7, 11) is 0. The molecule has 1 N–H and O–H groups in total. The lowest BCUT2D eigenvalue weighted by molar-refractivity contribution is -0.133. The molecule has 3 aromatic rings. The van der Waals surface area contributed by atoms with Gasteiger partial charge in [-0.3, -0.25) is 4.99 Å². The predicted molar refractivity (Wildman–Crippen MR) is 107 cm³/mol. The summed E-state index contributed by atoms with van der Waals surface area (Å²) in [6.07, 6.45) is 2.28. The zero-order valence-electron chi connectivity index (χ0n) is 15.4. The van der Waals surface area contributed by atoms with Crippen LogP contribution in [0.25, 0.3) is 10.8 Å². The molecular weight excluding hydrogens is 355 g/mol. The largest absolute Gasteiger partial charge is 0.478 e. The molecule has 0 bridgehead atoms. The third-order valence-corrected chi connectivity index (χ3v) is 5.19. The van der Waals surface area contributed by atoms with Crippen LogP contribution in [0.15, 0.2) is 77.1 Å². The van der Waals surface area contributed by atoms with Gasteiger partial charge < -0.3 is 5.11 Å². The summed E-state index contributed by atoms with van der Waals surface area (Å²) >= 11 is 0. The number of carboxylic acid groups (broad SMARTS) is 1. The van der Waals surface area contributed by atoms with Crippen molar-refractivity contribution in [3.63, 3.8) is 0 Å². The number of aliphatic carboxylic acids is 1. The van der Waals surface area contributed by atoms with Crippen molar-refractivity contribution in [2.75, 3.05) is 0 Å². The van der Waals surface area contributed by atoms with Gasteiger partial charge in [-0.05, 0) is 48.2 Å². The van der Waals surface area contributed by atoms with Crippen molar-refractivity contribution < 1.29 is 14.3 Å². The molecule has 0 spiro atoms. The first-order chi connectivity index (χ1) is 13.5. The summed E-state index contributed by atoms with van der Waals surface area (Å²) in [6.45, 7) is 1.67. The monoisotopic (exact) mass is 374 g/mol. The van der Waals surface area contributed by atoms with Crippen LogP contribution in [-0.2, 0) is 11.2 Å². The molecule has 1 aliphatic heterocycles. The highest BCUT2D eigenvalue weighted by Crippen LogP contribution is 2.33. The van der Waals surface area contributed by atoms with Crippen LogP contribution in [0.3, 0.4) is 0 Å². The topological polar surface area (TPSA) is 62.5 Å². The number of fused-ring (bicyclic) bond motifs is 1. The molecule has 0 aliphatic carbocycles. The van der Waals surface area contributed by atoms with Crippen molar-refractivity contribution >= 4 is 22.5 Å². The zero-order valence-corrected chi connectivity index (χ0v) is 15.4. The number of hydrogen-bond donors (Lipinski definition) is 1. The van der Waals surface area contributed by atoms with E-state index in [-0.39, 0.29) is 5.92 Å². The summed E-state index contributed by atoms with van der Waals surface area (Å²) in [5, 5.41) is 12.0. The number of aromatic nitrogens is 1. The number of carboxylic acids is 1. The highest BCUT2D eigenvalue weighted by molar-refractivity contribution is 6.04. The summed E-state index contributed by atoms with van der Waals surface area (Å²) in [5.41, 5.74) is 2.65. The van der Waals surface area contributed by atoms with Gasteiger partial charge in [0.2, 0.25) is 5.95 Å². The van der Waals surface area contributed by atoms with E-state index in [0.29, 0.717) is 35.4 Å². The Hall–Kier alpha value is -3.34. The first-order valence-corrected chi connectivity index (χ1v) is 9.13. The number of hydrogen-bond acceptors (Lipinski definition) is 3. The lowest BCUT2D eigenvalue weighted by atomic mass is 9.82. The van der Waals surface area contributed by atoms with E-state index in [2.05, 4.69) is 9.98 Å². The normalized spacial score (nSPS) is 16.9. The molecule has 140 valence electrons. The summed E-state index contributed by atoms with van der Waals surface area (Å²) in [6, 6.07) is 17.4. The maximum Gasteiger partial charge on any atom is 0.333 e. The van der Waals surface area contributed by atoms with Gasteiger partial charge in [0.15, 0.2) is 0 Å². The van der Waals surface area contributed by atoms with Crippen molar-refractivity contribution in [3.05, 3.63) is 89.1 Å². The van der Waals surface area contributed by atoms with Crippen LogP contribution < -0.4 is 0 Å². The molecule has 1 unspecified atom stereocenters. The van der Waals surface area contributed by atoms with Gasteiger partial charge >= 0.3 is 5.97 Å². The molecule has 0 radical (unpaired) electrons. The van der Waals surface area contributed by atoms with E-state index >= 15 is 0 Å². The minimum absolute atomic E-state index is 0.293. The number of pyridine rings is 1. The fourth-order valence-electron chi connectivity index (χ4n) is 3.95. The smallest absolute Gasteiger partial charge is 0.333 e. The second-order valence-electron chi connectivity index (χ2n) is 6.95.